The number of nitrogens with one attached hydrogen (secondary N) is 1. The summed E-state index contributed by atoms with van der Waals surface area (Å²) in [7, 11) is 0. The third-order valence-electron chi connectivity index (χ3n) is 3.42. The molecular formula is C16H24N2O4. The molecule has 6 nitrogen and oxygen atoms in total. The largest absolute Gasteiger partial charge is 0.461 e. The van der Waals surface area contributed by atoms with Gasteiger partial charge in [-0.05, 0) is 45.7 Å². The van der Waals surface area contributed by atoms with Crippen LogP contribution in [0.5, 0.6) is 0 Å². The normalized spacial score (nSPS) is 19.0. The number of furan rings is 1. The number of hydrogen-bond acceptors (Lipinski definition) is 5. The zero-order chi connectivity index (χ0) is 16.2. The van der Waals surface area contributed by atoms with Crippen molar-refractivity contribution in [3.63, 3.8) is 0 Å². The Kier molecular flexibility index (Phi) is 5.24. The summed E-state index contributed by atoms with van der Waals surface area (Å²) in [6.07, 6.45) is 3.02. The van der Waals surface area contributed by atoms with Gasteiger partial charge < -0.3 is 19.4 Å². The third kappa shape index (κ3) is 4.87. The van der Waals surface area contributed by atoms with Crippen molar-refractivity contribution in [2.45, 2.75) is 45.3 Å². The van der Waals surface area contributed by atoms with Crippen molar-refractivity contribution in [1.29, 1.82) is 0 Å². The molecule has 6 heteroatoms. The van der Waals surface area contributed by atoms with Crippen LogP contribution >= 0.6 is 0 Å². The minimum Gasteiger partial charge on any atom is -0.461 e. The summed E-state index contributed by atoms with van der Waals surface area (Å²) in [6.45, 7) is 7.02. The Bertz CT molecular complexity index is 505. The molecule has 0 spiro atoms. The third-order valence-corrected chi connectivity index (χ3v) is 3.42. The van der Waals surface area contributed by atoms with Gasteiger partial charge >= 0.3 is 6.09 Å². The number of carbonyl (C=O) groups excluding carboxylic acids is 2. The highest BCUT2D eigenvalue weighted by Crippen LogP contribution is 2.15. The van der Waals surface area contributed by atoms with E-state index in [1.54, 1.807) is 17.0 Å². The molecule has 1 aromatic heterocycles. The molecule has 0 bridgehead atoms. The lowest BCUT2D eigenvalue weighted by Crippen LogP contribution is -2.50. The summed E-state index contributed by atoms with van der Waals surface area (Å²) in [4.78, 5) is 25.7. The Labute approximate surface area is 130 Å². The molecule has 22 heavy (non-hydrogen) atoms. The standard InChI is InChI=1S/C16H24N2O4/c1-16(2,3)22-15(20)18-8-4-6-12(11-18)17-10-13(19)14-7-5-9-21-14/h5,7,9,12,17H,4,6,8,10-11H2,1-3H3/t12-/m0/s1. The topological polar surface area (TPSA) is 71.8 Å². The lowest BCUT2D eigenvalue weighted by molar-refractivity contribution is 0.0188. The summed E-state index contributed by atoms with van der Waals surface area (Å²) < 4.78 is 10.5. The van der Waals surface area contributed by atoms with E-state index in [4.69, 9.17) is 9.15 Å². The van der Waals surface area contributed by atoms with E-state index in [1.165, 1.54) is 6.26 Å². The van der Waals surface area contributed by atoms with Gasteiger partial charge in [0.2, 0.25) is 5.78 Å². The second kappa shape index (κ2) is 6.96. The molecule has 1 fully saturated rings. The lowest BCUT2D eigenvalue weighted by Gasteiger charge is -2.34. The van der Waals surface area contributed by atoms with Crippen LogP contribution < -0.4 is 5.32 Å². The first kappa shape index (κ1) is 16.5. The van der Waals surface area contributed by atoms with Gasteiger partial charge in [-0.3, -0.25) is 4.79 Å². The Balaban J connectivity index is 1.80. The zero-order valence-electron chi connectivity index (χ0n) is 13.4. The van der Waals surface area contributed by atoms with Crippen LogP contribution in [0.2, 0.25) is 0 Å². The summed E-state index contributed by atoms with van der Waals surface area (Å²) in [5.41, 5.74) is -0.493. The number of hydrogen-bond donors (Lipinski definition) is 1. The number of Topliss-reactive ketones (excluding diaryl/α,β-unsaturated/α-hetero) is 1. The Morgan fingerprint density at radius 2 is 2.23 bits per heavy atom. The molecule has 1 atom stereocenters. The van der Waals surface area contributed by atoms with Crippen molar-refractivity contribution < 1.29 is 18.7 Å². The second-order valence-electron chi connectivity index (χ2n) is 6.55. The fourth-order valence-corrected chi connectivity index (χ4v) is 2.40. The molecule has 1 aromatic rings. The van der Waals surface area contributed by atoms with E-state index in [-0.39, 0.29) is 24.5 Å². The average molecular weight is 308 g/mol. The molecule has 0 aliphatic carbocycles. The van der Waals surface area contributed by atoms with Crippen molar-refractivity contribution in [3.8, 4) is 0 Å². The van der Waals surface area contributed by atoms with Gasteiger partial charge in [0.25, 0.3) is 0 Å². The number of ketones is 1. The summed E-state index contributed by atoms with van der Waals surface area (Å²) >= 11 is 0. The molecule has 1 aliphatic heterocycles. The molecule has 0 aromatic carbocycles. The molecular weight excluding hydrogens is 284 g/mol. The van der Waals surface area contributed by atoms with E-state index in [9.17, 15) is 9.59 Å². The van der Waals surface area contributed by atoms with Crippen molar-refractivity contribution in [1.82, 2.24) is 10.2 Å². The van der Waals surface area contributed by atoms with Gasteiger partial charge in [0.15, 0.2) is 5.76 Å². The summed E-state index contributed by atoms with van der Waals surface area (Å²) in [5, 5.41) is 3.20. The van der Waals surface area contributed by atoms with Crippen LogP contribution in [0.25, 0.3) is 0 Å². The first-order valence-electron chi connectivity index (χ1n) is 7.63. The minimum atomic E-state index is -0.493. The summed E-state index contributed by atoms with van der Waals surface area (Å²) in [5.74, 6) is 0.270. The molecule has 0 saturated carbocycles. The highest BCUT2D eigenvalue weighted by atomic mass is 16.6. The average Bonchev–Trinajstić information content (AvgIpc) is 2.97. The number of ether oxygens (including phenoxy) is 1. The Hall–Kier alpha value is -1.82. The molecule has 1 saturated heterocycles. The van der Waals surface area contributed by atoms with Crippen LogP contribution in [-0.4, -0.2) is 48.1 Å². The van der Waals surface area contributed by atoms with Gasteiger partial charge in [-0.2, -0.15) is 0 Å². The molecule has 0 radical (unpaired) electrons. The van der Waals surface area contributed by atoms with E-state index in [1.807, 2.05) is 20.8 Å². The minimum absolute atomic E-state index is 0.0839. The SMILES string of the molecule is CC(C)(C)OC(=O)N1CCC[C@H](NCC(=O)c2ccco2)C1. The van der Waals surface area contributed by atoms with Crippen LogP contribution in [-0.2, 0) is 4.74 Å². The molecule has 0 unspecified atom stereocenters. The predicted molar refractivity (Wildman–Crippen MR) is 81.9 cm³/mol. The quantitative estimate of drug-likeness (QED) is 0.865. The zero-order valence-corrected chi connectivity index (χ0v) is 13.4. The van der Waals surface area contributed by atoms with E-state index in [0.717, 1.165) is 12.8 Å². The Morgan fingerprint density at radius 1 is 1.45 bits per heavy atom. The first-order chi connectivity index (χ1) is 10.3. The fourth-order valence-electron chi connectivity index (χ4n) is 2.40. The maximum atomic E-state index is 12.1. The van der Waals surface area contributed by atoms with Gasteiger partial charge in [0.1, 0.15) is 5.60 Å². The first-order valence-corrected chi connectivity index (χ1v) is 7.63. The molecule has 1 amide bonds. The predicted octanol–water partition coefficient (Wildman–Crippen LogP) is 2.45. The second-order valence-corrected chi connectivity index (χ2v) is 6.55. The smallest absolute Gasteiger partial charge is 0.410 e. The van der Waals surface area contributed by atoms with Crippen molar-refractivity contribution in [2.24, 2.45) is 0 Å². The van der Waals surface area contributed by atoms with Crippen LogP contribution in [0.3, 0.4) is 0 Å². The maximum Gasteiger partial charge on any atom is 0.410 e. The number of carbonyl (C=O) groups is 2. The van der Waals surface area contributed by atoms with E-state index in [2.05, 4.69) is 5.32 Å². The highest BCUT2D eigenvalue weighted by molar-refractivity contribution is 5.95. The number of nitrogens with zero attached hydrogens (tertiary/aromatic N) is 1. The van der Waals surface area contributed by atoms with Gasteiger partial charge in [0.05, 0.1) is 12.8 Å². The van der Waals surface area contributed by atoms with Crippen LogP contribution in [0.15, 0.2) is 22.8 Å². The lowest BCUT2D eigenvalue weighted by atomic mass is 10.1. The number of likely N-dealkylation sites (tertiary alicyclic amines) is 1. The maximum absolute atomic E-state index is 12.1. The molecule has 122 valence electrons. The number of rotatable bonds is 4. The monoisotopic (exact) mass is 308 g/mol. The highest BCUT2D eigenvalue weighted by Gasteiger charge is 2.27. The molecule has 2 heterocycles. The van der Waals surface area contributed by atoms with Crippen LogP contribution in [0, 0.1) is 0 Å². The van der Waals surface area contributed by atoms with Crippen molar-refractivity contribution >= 4 is 11.9 Å². The fraction of sp³-hybridized carbons (Fsp3) is 0.625. The molecule has 1 aliphatic rings. The number of piperidine rings is 1. The van der Waals surface area contributed by atoms with E-state index < -0.39 is 5.60 Å². The van der Waals surface area contributed by atoms with E-state index in [0.29, 0.717) is 18.8 Å². The molecule has 2 rings (SSSR count). The van der Waals surface area contributed by atoms with Crippen molar-refractivity contribution in [2.75, 3.05) is 19.6 Å². The van der Waals surface area contributed by atoms with Gasteiger partial charge in [-0.15, -0.1) is 0 Å². The van der Waals surface area contributed by atoms with Gasteiger partial charge in [0, 0.05) is 19.1 Å². The number of amides is 1. The van der Waals surface area contributed by atoms with Gasteiger partial charge in [-0.25, -0.2) is 4.79 Å². The van der Waals surface area contributed by atoms with Gasteiger partial charge in [-0.1, -0.05) is 0 Å². The summed E-state index contributed by atoms with van der Waals surface area (Å²) in [6, 6.07) is 3.44. The van der Waals surface area contributed by atoms with Crippen LogP contribution in [0.4, 0.5) is 4.79 Å². The van der Waals surface area contributed by atoms with E-state index >= 15 is 0 Å². The Morgan fingerprint density at radius 3 is 2.86 bits per heavy atom. The molecule has 1 N–H and O–H groups in total. The van der Waals surface area contributed by atoms with Crippen LogP contribution in [0.1, 0.15) is 44.2 Å². The van der Waals surface area contributed by atoms with Crippen molar-refractivity contribution in [3.05, 3.63) is 24.2 Å².